The molecule has 1 unspecified atom stereocenters. The van der Waals surface area contributed by atoms with E-state index in [-0.39, 0.29) is 11.6 Å². The highest BCUT2D eigenvalue weighted by Crippen LogP contribution is 2.22. The Hall–Kier alpha value is -0.410. The van der Waals surface area contributed by atoms with Crippen LogP contribution < -0.4 is 0 Å². The molecule has 0 aromatic carbocycles. The summed E-state index contributed by atoms with van der Waals surface area (Å²) in [6.07, 6.45) is 5.48. The SMILES string of the molecule is CC(C)(C)N1CCN(C2CCCCCC2=O)CC1. The predicted octanol–water partition coefficient (Wildman–Crippen LogP) is 2.30. The molecule has 2 fully saturated rings. The van der Waals surface area contributed by atoms with Crippen LogP contribution in [0, 0.1) is 0 Å². The van der Waals surface area contributed by atoms with Gasteiger partial charge in [-0.15, -0.1) is 0 Å². The molecule has 0 aromatic rings. The number of Topliss-reactive ketones (excluding diaryl/α,β-unsaturated/α-hetero) is 1. The van der Waals surface area contributed by atoms with Crippen LogP contribution in [0.15, 0.2) is 0 Å². The number of hydrogen-bond acceptors (Lipinski definition) is 3. The summed E-state index contributed by atoms with van der Waals surface area (Å²) in [4.78, 5) is 17.1. The molecule has 1 heterocycles. The molecule has 0 N–H and O–H groups in total. The van der Waals surface area contributed by atoms with Gasteiger partial charge in [-0.25, -0.2) is 0 Å². The Bertz CT molecular complexity index is 287. The molecule has 1 atom stereocenters. The van der Waals surface area contributed by atoms with Crippen molar-refractivity contribution in [2.24, 2.45) is 0 Å². The Morgan fingerprint density at radius 3 is 2.28 bits per heavy atom. The zero-order valence-electron chi connectivity index (χ0n) is 12.2. The molecule has 0 aromatic heterocycles. The van der Waals surface area contributed by atoms with E-state index in [1.165, 1.54) is 12.8 Å². The third kappa shape index (κ3) is 3.33. The minimum Gasteiger partial charge on any atom is -0.298 e. The highest BCUT2D eigenvalue weighted by Gasteiger charge is 2.32. The van der Waals surface area contributed by atoms with Crippen LogP contribution in [0.4, 0.5) is 0 Å². The number of hydrogen-bond donors (Lipinski definition) is 0. The number of carbonyl (C=O) groups is 1. The third-order valence-electron chi connectivity index (χ3n) is 4.48. The van der Waals surface area contributed by atoms with Gasteiger partial charge in [-0.05, 0) is 33.6 Å². The van der Waals surface area contributed by atoms with Crippen LogP contribution in [0.3, 0.4) is 0 Å². The fourth-order valence-corrected chi connectivity index (χ4v) is 3.23. The molecular weight excluding hydrogens is 224 g/mol. The summed E-state index contributed by atoms with van der Waals surface area (Å²) in [5.41, 5.74) is 0.263. The van der Waals surface area contributed by atoms with Crippen LogP contribution in [0.5, 0.6) is 0 Å². The van der Waals surface area contributed by atoms with E-state index in [1.54, 1.807) is 0 Å². The third-order valence-corrected chi connectivity index (χ3v) is 4.48. The van der Waals surface area contributed by atoms with Gasteiger partial charge < -0.3 is 0 Å². The first-order chi connectivity index (χ1) is 8.48. The van der Waals surface area contributed by atoms with E-state index in [4.69, 9.17) is 0 Å². The number of ketones is 1. The van der Waals surface area contributed by atoms with E-state index in [0.29, 0.717) is 5.78 Å². The molecule has 1 aliphatic heterocycles. The van der Waals surface area contributed by atoms with Crippen LogP contribution in [-0.2, 0) is 4.79 Å². The Morgan fingerprint density at radius 2 is 1.67 bits per heavy atom. The Morgan fingerprint density at radius 1 is 1.00 bits per heavy atom. The van der Waals surface area contributed by atoms with Crippen LogP contribution >= 0.6 is 0 Å². The highest BCUT2D eigenvalue weighted by molar-refractivity contribution is 5.84. The van der Waals surface area contributed by atoms with Gasteiger partial charge in [-0.2, -0.15) is 0 Å². The number of nitrogens with zero attached hydrogens (tertiary/aromatic N) is 2. The maximum atomic E-state index is 12.1. The minimum absolute atomic E-state index is 0.231. The smallest absolute Gasteiger partial charge is 0.149 e. The maximum Gasteiger partial charge on any atom is 0.149 e. The molecule has 3 nitrogen and oxygen atoms in total. The lowest BCUT2D eigenvalue weighted by Crippen LogP contribution is -2.56. The molecule has 18 heavy (non-hydrogen) atoms. The molecule has 2 rings (SSSR count). The van der Waals surface area contributed by atoms with Crippen molar-refractivity contribution in [2.45, 2.75) is 64.5 Å². The van der Waals surface area contributed by atoms with Crippen molar-refractivity contribution in [1.82, 2.24) is 9.80 Å². The Balaban J connectivity index is 1.90. The van der Waals surface area contributed by atoms with Gasteiger partial charge in [0.1, 0.15) is 5.78 Å². The summed E-state index contributed by atoms with van der Waals surface area (Å²) in [5.74, 6) is 0.497. The fourth-order valence-electron chi connectivity index (χ4n) is 3.23. The summed E-state index contributed by atoms with van der Waals surface area (Å²) < 4.78 is 0. The largest absolute Gasteiger partial charge is 0.298 e. The van der Waals surface area contributed by atoms with Gasteiger partial charge in [0.05, 0.1) is 6.04 Å². The predicted molar refractivity (Wildman–Crippen MR) is 74.8 cm³/mol. The first-order valence-corrected chi connectivity index (χ1v) is 7.50. The number of carbonyl (C=O) groups excluding carboxylic acids is 1. The second-order valence-corrected chi connectivity index (χ2v) is 6.78. The summed E-state index contributed by atoms with van der Waals surface area (Å²) in [6, 6.07) is 0.231. The van der Waals surface area contributed by atoms with Crippen molar-refractivity contribution < 1.29 is 4.79 Å². The van der Waals surface area contributed by atoms with Gasteiger partial charge in [0.25, 0.3) is 0 Å². The second-order valence-electron chi connectivity index (χ2n) is 6.78. The molecule has 0 spiro atoms. The van der Waals surface area contributed by atoms with Crippen molar-refractivity contribution in [1.29, 1.82) is 0 Å². The van der Waals surface area contributed by atoms with Crippen LogP contribution in [0.1, 0.15) is 52.9 Å². The summed E-state index contributed by atoms with van der Waals surface area (Å²) in [5, 5.41) is 0. The molecule has 1 saturated heterocycles. The van der Waals surface area contributed by atoms with E-state index >= 15 is 0 Å². The molecule has 104 valence electrons. The van der Waals surface area contributed by atoms with Crippen molar-refractivity contribution in [3.63, 3.8) is 0 Å². The average Bonchev–Trinajstić information content (AvgIpc) is 2.53. The molecule has 3 heteroatoms. The lowest BCUT2D eigenvalue weighted by molar-refractivity contribution is -0.125. The maximum absolute atomic E-state index is 12.1. The van der Waals surface area contributed by atoms with Gasteiger partial charge >= 0.3 is 0 Å². The summed E-state index contributed by atoms with van der Waals surface area (Å²) >= 11 is 0. The van der Waals surface area contributed by atoms with Crippen LogP contribution in [0.2, 0.25) is 0 Å². The first-order valence-electron chi connectivity index (χ1n) is 7.50. The monoisotopic (exact) mass is 252 g/mol. The molecule has 1 saturated carbocycles. The van der Waals surface area contributed by atoms with Crippen molar-refractivity contribution in [3.8, 4) is 0 Å². The van der Waals surface area contributed by atoms with E-state index in [2.05, 4.69) is 30.6 Å². The van der Waals surface area contributed by atoms with E-state index in [9.17, 15) is 4.79 Å². The zero-order chi connectivity index (χ0) is 13.2. The molecule has 2 aliphatic rings. The van der Waals surface area contributed by atoms with Crippen LogP contribution in [-0.4, -0.2) is 53.3 Å². The summed E-state index contributed by atoms with van der Waals surface area (Å²) in [6.45, 7) is 11.2. The average molecular weight is 252 g/mol. The lowest BCUT2D eigenvalue weighted by Gasteiger charge is -2.44. The number of piperazine rings is 1. The van der Waals surface area contributed by atoms with Gasteiger partial charge in [-0.1, -0.05) is 12.8 Å². The zero-order valence-corrected chi connectivity index (χ0v) is 12.2. The molecular formula is C15H28N2O. The van der Waals surface area contributed by atoms with Gasteiger partial charge in [0.2, 0.25) is 0 Å². The quantitative estimate of drug-likeness (QED) is 0.669. The fraction of sp³-hybridized carbons (Fsp3) is 0.933. The standard InChI is InChI=1S/C15H28N2O/c1-15(2,3)17-11-9-16(10-12-17)13-7-5-4-6-8-14(13)18/h13H,4-12H2,1-3H3. The minimum atomic E-state index is 0.231. The van der Waals surface area contributed by atoms with Crippen molar-refractivity contribution in [2.75, 3.05) is 26.2 Å². The van der Waals surface area contributed by atoms with E-state index in [0.717, 1.165) is 45.4 Å². The Kier molecular flexibility index (Phi) is 4.44. The lowest BCUT2D eigenvalue weighted by atomic mass is 10.0. The molecule has 0 amide bonds. The van der Waals surface area contributed by atoms with Crippen molar-refractivity contribution >= 4 is 5.78 Å². The summed E-state index contributed by atoms with van der Waals surface area (Å²) in [7, 11) is 0. The van der Waals surface area contributed by atoms with E-state index in [1.807, 2.05) is 0 Å². The first kappa shape index (κ1) is 14.0. The molecule has 1 aliphatic carbocycles. The second kappa shape index (κ2) is 5.70. The molecule has 0 radical (unpaired) electrons. The van der Waals surface area contributed by atoms with Gasteiger partial charge in [0.15, 0.2) is 0 Å². The van der Waals surface area contributed by atoms with Gasteiger partial charge in [0, 0.05) is 38.1 Å². The normalized spacial score (nSPS) is 29.3. The molecule has 0 bridgehead atoms. The topological polar surface area (TPSA) is 23.6 Å². The number of rotatable bonds is 1. The van der Waals surface area contributed by atoms with Gasteiger partial charge in [-0.3, -0.25) is 14.6 Å². The van der Waals surface area contributed by atoms with Crippen LogP contribution in [0.25, 0.3) is 0 Å². The highest BCUT2D eigenvalue weighted by atomic mass is 16.1. The Labute approximate surface area is 112 Å². The van der Waals surface area contributed by atoms with Crippen molar-refractivity contribution in [3.05, 3.63) is 0 Å². The van der Waals surface area contributed by atoms with E-state index < -0.39 is 0 Å².